The smallest absolute Gasteiger partial charge is 0.321 e. The monoisotopic (exact) mass is 310 g/mol. The van der Waals surface area contributed by atoms with Gasteiger partial charge in [-0.15, -0.1) is 0 Å². The molecule has 0 saturated carbocycles. The van der Waals surface area contributed by atoms with E-state index in [9.17, 15) is 9.90 Å². The number of nitrogens with zero attached hydrogens (tertiary/aromatic N) is 1. The van der Waals surface area contributed by atoms with Crippen LogP contribution in [0.3, 0.4) is 0 Å². The van der Waals surface area contributed by atoms with Crippen molar-refractivity contribution >= 4 is 23.3 Å². The van der Waals surface area contributed by atoms with Crippen LogP contribution in [0, 0.1) is 5.92 Å². The summed E-state index contributed by atoms with van der Waals surface area (Å²) in [6.45, 7) is 5.55. The van der Waals surface area contributed by atoms with Crippen molar-refractivity contribution < 1.29 is 9.90 Å². The third kappa shape index (κ3) is 3.50. The molecule has 1 aliphatic rings. The maximum absolute atomic E-state index is 12.4. The van der Waals surface area contributed by atoms with Crippen molar-refractivity contribution in [2.24, 2.45) is 5.92 Å². The Morgan fingerprint density at radius 3 is 2.76 bits per heavy atom. The first-order valence-corrected chi connectivity index (χ1v) is 7.95. The van der Waals surface area contributed by atoms with Crippen LogP contribution in [-0.2, 0) is 12.8 Å². The van der Waals surface area contributed by atoms with E-state index < -0.39 is 0 Å². The Bertz CT molecular complexity index is 519. The molecule has 4 nitrogen and oxygen atoms in total. The molecule has 1 fully saturated rings. The molecule has 1 aromatic rings. The van der Waals surface area contributed by atoms with Crippen molar-refractivity contribution in [2.75, 3.05) is 25.0 Å². The highest BCUT2D eigenvalue weighted by atomic mass is 35.5. The van der Waals surface area contributed by atoms with E-state index in [0.29, 0.717) is 18.1 Å². The normalized spacial score (nSPS) is 18.1. The zero-order valence-electron chi connectivity index (χ0n) is 12.7. The molecule has 0 spiro atoms. The molecule has 1 saturated heterocycles. The minimum atomic E-state index is -0.0994. The van der Waals surface area contributed by atoms with E-state index in [1.165, 1.54) is 0 Å². The van der Waals surface area contributed by atoms with Gasteiger partial charge in [-0.1, -0.05) is 31.5 Å². The topological polar surface area (TPSA) is 52.6 Å². The molecule has 0 aromatic heterocycles. The molecule has 2 N–H and O–H groups in total. The van der Waals surface area contributed by atoms with E-state index in [2.05, 4.69) is 12.2 Å². The number of halogens is 1. The van der Waals surface area contributed by atoms with Crippen LogP contribution in [0.25, 0.3) is 0 Å². The molecule has 2 amide bonds. The fraction of sp³-hybridized carbons (Fsp3) is 0.562. The Hall–Kier alpha value is -1.26. The Kier molecular flexibility index (Phi) is 5.48. The lowest BCUT2D eigenvalue weighted by Crippen LogP contribution is -2.34. The summed E-state index contributed by atoms with van der Waals surface area (Å²) >= 11 is 6.25. The van der Waals surface area contributed by atoms with Gasteiger partial charge < -0.3 is 15.3 Å². The first kappa shape index (κ1) is 16.1. The molecule has 0 radical (unpaired) electrons. The van der Waals surface area contributed by atoms with Crippen molar-refractivity contribution in [1.82, 2.24) is 4.90 Å². The van der Waals surface area contributed by atoms with Crippen molar-refractivity contribution in [1.29, 1.82) is 0 Å². The zero-order chi connectivity index (χ0) is 15.4. The Balaban J connectivity index is 2.19. The summed E-state index contributed by atoms with van der Waals surface area (Å²) in [5.74, 6) is 0.200. The third-order valence-electron chi connectivity index (χ3n) is 4.14. The number of rotatable bonds is 4. The lowest BCUT2D eigenvalue weighted by molar-refractivity contribution is 0.208. The van der Waals surface area contributed by atoms with Crippen LogP contribution in [0.1, 0.15) is 31.4 Å². The summed E-state index contributed by atoms with van der Waals surface area (Å²) in [7, 11) is 0. The molecular formula is C16H23ClN2O2. The first-order valence-electron chi connectivity index (χ1n) is 7.57. The van der Waals surface area contributed by atoms with Gasteiger partial charge in [-0.2, -0.15) is 0 Å². The van der Waals surface area contributed by atoms with E-state index in [1.807, 2.05) is 19.1 Å². The molecule has 1 aliphatic heterocycles. The van der Waals surface area contributed by atoms with Gasteiger partial charge in [-0.05, 0) is 36.5 Å². The number of aryl methyl sites for hydroxylation is 1. The third-order valence-corrected chi connectivity index (χ3v) is 4.49. The highest BCUT2D eigenvalue weighted by Gasteiger charge is 2.26. The number of anilines is 1. The fourth-order valence-electron chi connectivity index (χ4n) is 2.82. The van der Waals surface area contributed by atoms with Crippen LogP contribution in [-0.4, -0.2) is 35.7 Å². The molecule has 2 rings (SSSR count). The second-order valence-electron chi connectivity index (χ2n) is 5.48. The van der Waals surface area contributed by atoms with Crippen LogP contribution in [0.2, 0.25) is 5.02 Å². The van der Waals surface area contributed by atoms with Gasteiger partial charge in [0.2, 0.25) is 0 Å². The number of hydrogen-bond acceptors (Lipinski definition) is 2. The maximum Gasteiger partial charge on any atom is 0.321 e. The number of amides is 2. The average Bonchev–Trinajstić information content (AvgIpc) is 2.97. The van der Waals surface area contributed by atoms with Gasteiger partial charge in [-0.25, -0.2) is 4.79 Å². The van der Waals surface area contributed by atoms with Gasteiger partial charge in [0.15, 0.2) is 0 Å². The lowest BCUT2D eigenvalue weighted by Gasteiger charge is -2.21. The number of nitrogens with one attached hydrogen (secondary N) is 1. The average molecular weight is 311 g/mol. The number of urea groups is 1. The molecular weight excluding hydrogens is 288 g/mol. The van der Waals surface area contributed by atoms with E-state index in [-0.39, 0.29) is 18.6 Å². The van der Waals surface area contributed by atoms with Gasteiger partial charge in [0.25, 0.3) is 0 Å². The summed E-state index contributed by atoms with van der Waals surface area (Å²) in [6, 6.07) is 3.77. The van der Waals surface area contributed by atoms with Gasteiger partial charge in [0, 0.05) is 30.6 Å². The van der Waals surface area contributed by atoms with Crippen molar-refractivity contribution in [3.63, 3.8) is 0 Å². The van der Waals surface area contributed by atoms with E-state index in [4.69, 9.17) is 11.6 Å². The number of aliphatic hydroxyl groups is 1. The molecule has 0 bridgehead atoms. The molecule has 21 heavy (non-hydrogen) atoms. The molecule has 5 heteroatoms. The number of carbonyl (C=O) groups excluding carboxylic acids is 1. The molecule has 116 valence electrons. The molecule has 1 aromatic carbocycles. The number of benzene rings is 1. The summed E-state index contributed by atoms with van der Waals surface area (Å²) < 4.78 is 0. The summed E-state index contributed by atoms with van der Waals surface area (Å²) in [6.07, 6.45) is 2.49. The van der Waals surface area contributed by atoms with Gasteiger partial charge >= 0.3 is 6.03 Å². The SMILES string of the molecule is CCc1ccc(Cl)c(CC)c1NC(=O)N1CCC(CO)C1. The van der Waals surface area contributed by atoms with Crippen molar-refractivity contribution in [3.05, 3.63) is 28.3 Å². The molecule has 1 heterocycles. The minimum Gasteiger partial charge on any atom is -0.396 e. The predicted octanol–water partition coefficient (Wildman–Crippen LogP) is 3.31. The van der Waals surface area contributed by atoms with Crippen molar-refractivity contribution in [3.8, 4) is 0 Å². The quantitative estimate of drug-likeness (QED) is 0.896. The van der Waals surface area contributed by atoms with E-state index >= 15 is 0 Å². The highest BCUT2D eigenvalue weighted by molar-refractivity contribution is 6.31. The summed E-state index contributed by atoms with van der Waals surface area (Å²) in [5.41, 5.74) is 2.94. The van der Waals surface area contributed by atoms with Crippen LogP contribution >= 0.6 is 11.6 Å². The van der Waals surface area contributed by atoms with Crippen LogP contribution in [0.4, 0.5) is 10.5 Å². The minimum absolute atomic E-state index is 0.0994. The fourth-order valence-corrected chi connectivity index (χ4v) is 3.11. The highest BCUT2D eigenvalue weighted by Crippen LogP contribution is 2.30. The predicted molar refractivity (Wildman–Crippen MR) is 86.0 cm³/mol. The molecule has 1 unspecified atom stereocenters. The summed E-state index contributed by atoms with van der Waals surface area (Å²) in [5, 5.41) is 12.9. The number of aliphatic hydroxyl groups excluding tert-OH is 1. The number of likely N-dealkylation sites (tertiary alicyclic amines) is 1. The Labute approximate surface area is 131 Å². The van der Waals surface area contributed by atoms with Crippen LogP contribution in [0.5, 0.6) is 0 Å². The second kappa shape index (κ2) is 7.14. The van der Waals surface area contributed by atoms with Crippen molar-refractivity contribution in [2.45, 2.75) is 33.1 Å². The second-order valence-corrected chi connectivity index (χ2v) is 5.89. The van der Waals surface area contributed by atoms with E-state index in [0.717, 1.165) is 36.1 Å². The van der Waals surface area contributed by atoms with Gasteiger partial charge in [-0.3, -0.25) is 0 Å². The van der Waals surface area contributed by atoms with Gasteiger partial charge in [0.05, 0.1) is 5.69 Å². The lowest BCUT2D eigenvalue weighted by atomic mass is 10.0. The van der Waals surface area contributed by atoms with Gasteiger partial charge in [0.1, 0.15) is 0 Å². The van der Waals surface area contributed by atoms with E-state index in [1.54, 1.807) is 4.90 Å². The first-order chi connectivity index (χ1) is 10.1. The molecule has 1 atom stereocenters. The number of hydrogen-bond donors (Lipinski definition) is 2. The Morgan fingerprint density at radius 2 is 2.19 bits per heavy atom. The summed E-state index contributed by atoms with van der Waals surface area (Å²) in [4.78, 5) is 14.2. The number of carbonyl (C=O) groups is 1. The maximum atomic E-state index is 12.4. The standard InChI is InChI=1S/C16H23ClN2O2/c1-3-12-5-6-14(17)13(4-2)15(12)18-16(21)19-8-7-11(9-19)10-20/h5-6,11,20H,3-4,7-10H2,1-2H3,(H,18,21). The largest absolute Gasteiger partial charge is 0.396 e. The van der Waals surface area contributed by atoms with Crippen LogP contribution < -0.4 is 5.32 Å². The zero-order valence-corrected chi connectivity index (χ0v) is 13.4. The molecule has 0 aliphatic carbocycles. The Morgan fingerprint density at radius 1 is 1.43 bits per heavy atom. The van der Waals surface area contributed by atoms with Crippen LogP contribution in [0.15, 0.2) is 12.1 Å².